The molecule has 44 heavy (non-hydrogen) atoms. The molecule has 1 heterocycles. The van der Waals surface area contributed by atoms with Gasteiger partial charge in [0.15, 0.2) is 0 Å². The number of halogens is 1. The number of carbonyl (C=O) groups is 3. The minimum Gasteiger partial charge on any atom is -0.483 e. The summed E-state index contributed by atoms with van der Waals surface area (Å²) in [6, 6.07) is 17.7. The van der Waals surface area contributed by atoms with Crippen molar-refractivity contribution in [3.8, 4) is 22.5 Å². The van der Waals surface area contributed by atoms with E-state index in [9.17, 15) is 14.0 Å². The molecule has 4 aromatic rings. The maximum absolute atomic E-state index is 13.7. The molecule has 1 aromatic heterocycles. The summed E-state index contributed by atoms with van der Waals surface area (Å²) in [4.78, 5) is 37.1. The number of furan rings is 1. The largest absolute Gasteiger partial charge is 0.483 e. The second kappa shape index (κ2) is 14.7. The molecule has 1 fully saturated rings. The van der Waals surface area contributed by atoms with Crippen molar-refractivity contribution in [1.82, 2.24) is 10.6 Å². The molecular weight excluding hydrogens is 561 g/mol. The summed E-state index contributed by atoms with van der Waals surface area (Å²) in [5, 5.41) is 13.5. The van der Waals surface area contributed by atoms with Crippen LogP contribution in [0.2, 0.25) is 0 Å². The topological polar surface area (TPSA) is 112 Å². The molecule has 9 heteroatoms. The Balaban J connectivity index is 0.00000141. The standard InChI is InChI=1S/C34H38FN3O3.CH2O2/c1-5-38(6-2)29-20-30-27(31(34(40)36-4)32(41-30)22-14-16-25(35)17-15-22)19-26(29)23-11-9-12-24(18-23)33(39)37-28-13-8-7-10-21(28)3;2-1-3/h9,11-12,14-21,28H,5-8,10,13H2,1-4H3,(H,36,40)(H,37,39);1H,(H,2,3). The molecule has 3 N–H and O–H groups in total. The summed E-state index contributed by atoms with van der Waals surface area (Å²) in [7, 11) is 1.58. The van der Waals surface area contributed by atoms with E-state index in [4.69, 9.17) is 14.3 Å². The van der Waals surface area contributed by atoms with Gasteiger partial charge in [0, 0.05) is 60.0 Å². The highest BCUT2D eigenvalue weighted by Crippen LogP contribution is 2.41. The van der Waals surface area contributed by atoms with Crippen LogP contribution in [0.1, 0.15) is 67.2 Å². The van der Waals surface area contributed by atoms with Gasteiger partial charge in [-0.05, 0) is 80.6 Å². The number of carbonyl (C=O) groups excluding carboxylic acids is 2. The lowest BCUT2D eigenvalue weighted by atomic mass is 9.86. The van der Waals surface area contributed by atoms with E-state index in [2.05, 4.69) is 36.3 Å². The van der Waals surface area contributed by atoms with Crippen LogP contribution in [0.3, 0.4) is 0 Å². The zero-order chi connectivity index (χ0) is 31.8. The molecule has 2 atom stereocenters. The Morgan fingerprint density at radius 3 is 2.32 bits per heavy atom. The van der Waals surface area contributed by atoms with Crippen molar-refractivity contribution >= 4 is 34.9 Å². The first-order valence-electron chi connectivity index (χ1n) is 15.1. The van der Waals surface area contributed by atoms with Crippen molar-refractivity contribution in [2.45, 2.75) is 52.5 Å². The molecule has 2 unspecified atom stereocenters. The molecule has 0 saturated heterocycles. The Morgan fingerprint density at radius 1 is 1.00 bits per heavy atom. The van der Waals surface area contributed by atoms with Crippen LogP contribution in [-0.2, 0) is 4.79 Å². The summed E-state index contributed by atoms with van der Waals surface area (Å²) >= 11 is 0. The molecule has 232 valence electrons. The highest BCUT2D eigenvalue weighted by Gasteiger charge is 2.26. The zero-order valence-electron chi connectivity index (χ0n) is 25.7. The van der Waals surface area contributed by atoms with E-state index < -0.39 is 0 Å². The molecular formula is C35H40FN3O5. The zero-order valence-corrected chi connectivity index (χ0v) is 25.7. The first kappa shape index (κ1) is 32.3. The Kier molecular flexibility index (Phi) is 10.8. The van der Waals surface area contributed by atoms with Gasteiger partial charge in [0.05, 0.1) is 5.56 Å². The van der Waals surface area contributed by atoms with Crippen molar-refractivity contribution < 1.29 is 28.3 Å². The first-order valence-corrected chi connectivity index (χ1v) is 15.1. The average Bonchev–Trinajstić information content (AvgIpc) is 3.41. The van der Waals surface area contributed by atoms with Gasteiger partial charge in [-0.2, -0.15) is 0 Å². The van der Waals surface area contributed by atoms with Crippen LogP contribution < -0.4 is 15.5 Å². The fraction of sp³-hybridized carbons (Fsp3) is 0.343. The van der Waals surface area contributed by atoms with Gasteiger partial charge in [0.1, 0.15) is 17.2 Å². The van der Waals surface area contributed by atoms with E-state index in [1.165, 1.54) is 18.6 Å². The third-order valence-electron chi connectivity index (χ3n) is 8.33. The third-order valence-corrected chi connectivity index (χ3v) is 8.33. The lowest BCUT2D eigenvalue weighted by molar-refractivity contribution is -0.122. The van der Waals surface area contributed by atoms with Gasteiger partial charge >= 0.3 is 0 Å². The highest BCUT2D eigenvalue weighted by atomic mass is 19.1. The molecule has 0 radical (unpaired) electrons. The number of fused-ring (bicyclic) bond motifs is 1. The summed E-state index contributed by atoms with van der Waals surface area (Å²) in [5.41, 5.74) is 4.91. The van der Waals surface area contributed by atoms with Gasteiger partial charge < -0.3 is 25.1 Å². The Morgan fingerprint density at radius 2 is 1.68 bits per heavy atom. The Labute approximate surface area is 257 Å². The Hall–Kier alpha value is -4.66. The number of benzene rings is 3. The predicted octanol–water partition coefficient (Wildman–Crippen LogP) is 7.12. The molecule has 8 nitrogen and oxygen atoms in total. The SMILES string of the molecule is CCN(CC)c1cc2oc(-c3ccc(F)cc3)c(C(=O)NC)c2cc1-c1cccc(C(=O)NC2CCCCC2C)c1.O=CO. The van der Waals surface area contributed by atoms with Gasteiger partial charge in [-0.1, -0.05) is 31.9 Å². The van der Waals surface area contributed by atoms with Crippen LogP contribution in [0.4, 0.5) is 10.1 Å². The van der Waals surface area contributed by atoms with Crippen molar-refractivity contribution in [2.24, 2.45) is 5.92 Å². The highest BCUT2D eigenvalue weighted by molar-refractivity contribution is 6.13. The van der Waals surface area contributed by atoms with Crippen molar-refractivity contribution in [2.75, 3.05) is 25.0 Å². The minimum atomic E-state index is -0.362. The Bertz CT molecular complexity index is 1610. The monoisotopic (exact) mass is 601 g/mol. The van der Waals surface area contributed by atoms with E-state index in [-0.39, 0.29) is 30.1 Å². The van der Waals surface area contributed by atoms with Gasteiger partial charge in [-0.3, -0.25) is 14.4 Å². The molecule has 5 rings (SSSR count). The maximum atomic E-state index is 13.7. The van der Waals surface area contributed by atoms with Gasteiger partial charge in [0.25, 0.3) is 18.3 Å². The van der Waals surface area contributed by atoms with E-state index in [1.807, 2.05) is 36.4 Å². The van der Waals surface area contributed by atoms with E-state index in [1.54, 1.807) is 19.2 Å². The number of rotatable bonds is 8. The van der Waals surface area contributed by atoms with E-state index >= 15 is 0 Å². The van der Waals surface area contributed by atoms with Crippen LogP contribution in [-0.4, -0.2) is 49.6 Å². The van der Waals surface area contributed by atoms with Crippen molar-refractivity contribution in [3.63, 3.8) is 0 Å². The molecule has 3 aromatic carbocycles. The summed E-state index contributed by atoms with van der Waals surface area (Å²) in [5.74, 6) is 0.131. The molecule has 0 bridgehead atoms. The normalized spacial score (nSPS) is 16.0. The number of hydrogen-bond acceptors (Lipinski definition) is 5. The number of carboxylic acid groups (broad SMARTS) is 1. The number of nitrogens with one attached hydrogen (secondary N) is 2. The molecule has 1 saturated carbocycles. The molecule has 1 aliphatic rings. The minimum absolute atomic E-state index is 0.0657. The van der Waals surface area contributed by atoms with Crippen LogP contribution in [0.15, 0.2) is 65.1 Å². The summed E-state index contributed by atoms with van der Waals surface area (Å²) in [6.07, 6.45) is 4.50. The average molecular weight is 602 g/mol. The van der Waals surface area contributed by atoms with Crippen LogP contribution in [0, 0.1) is 11.7 Å². The number of amides is 2. The first-order chi connectivity index (χ1) is 21.3. The lowest BCUT2D eigenvalue weighted by Gasteiger charge is -2.29. The van der Waals surface area contributed by atoms with Gasteiger partial charge in [-0.15, -0.1) is 0 Å². The molecule has 0 aliphatic heterocycles. The number of nitrogens with zero attached hydrogens (tertiary/aromatic N) is 1. The summed E-state index contributed by atoms with van der Waals surface area (Å²) in [6.45, 7) is 7.68. The third kappa shape index (κ3) is 6.93. The predicted molar refractivity (Wildman–Crippen MR) is 172 cm³/mol. The number of hydrogen-bond donors (Lipinski definition) is 3. The fourth-order valence-corrected chi connectivity index (χ4v) is 5.95. The number of anilines is 1. The quantitative estimate of drug-likeness (QED) is 0.186. The van der Waals surface area contributed by atoms with E-state index in [0.717, 1.165) is 49.2 Å². The van der Waals surface area contributed by atoms with Gasteiger partial charge in [0.2, 0.25) is 0 Å². The maximum Gasteiger partial charge on any atom is 0.290 e. The molecule has 1 aliphatic carbocycles. The van der Waals surface area contributed by atoms with Crippen molar-refractivity contribution in [3.05, 3.63) is 77.6 Å². The smallest absolute Gasteiger partial charge is 0.290 e. The fourth-order valence-electron chi connectivity index (χ4n) is 5.95. The van der Waals surface area contributed by atoms with Crippen LogP contribution >= 0.6 is 0 Å². The second-order valence-electron chi connectivity index (χ2n) is 11.0. The lowest BCUT2D eigenvalue weighted by Crippen LogP contribution is -2.41. The summed E-state index contributed by atoms with van der Waals surface area (Å²) < 4.78 is 20.0. The van der Waals surface area contributed by atoms with Crippen molar-refractivity contribution in [1.29, 1.82) is 0 Å². The molecule has 0 spiro atoms. The van der Waals surface area contributed by atoms with Crippen LogP contribution in [0.25, 0.3) is 33.4 Å². The molecule has 2 amide bonds. The van der Waals surface area contributed by atoms with Crippen LogP contribution in [0.5, 0.6) is 0 Å². The second-order valence-corrected chi connectivity index (χ2v) is 11.0. The van der Waals surface area contributed by atoms with Gasteiger partial charge in [-0.25, -0.2) is 4.39 Å². The van der Waals surface area contributed by atoms with E-state index in [0.29, 0.717) is 39.3 Å².